The lowest BCUT2D eigenvalue weighted by Crippen LogP contribution is -2.44. The van der Waals surface area contributed by atoms with E-state index in [1.54, 1.807) is 48.9 Å². The predicted molar refractivity (Wildman–Crippen MR) is 176 cm³/mol. The zero-order valence-electron chi connectivity index (χ0n) is 28.3. The van der Waals surface area contributed by atoms with Gasteiger partial charge in [-0.05, 0) is 56.5 Å². The molecule has 2 aromatic heterocycles. The number of benzene rings is 2. The fraction of sp³-hybridized carbons (Fsp3) is 0.441. The molecule has 3 heterocycles. The van der Waals surface area contributed by atoms with Gasteiger partial charge in [-0.1, -0.05) is 13.8 Å². The highest BCUT2D eigenvalue weighted by Gasteiger charge is 2.30. The number of aromatic nitrogens is 3. The molecule has 1 aliphatic heterocycles. The van der Waals surface area contributed by atoms with Gasteiger partial charge in [0, 0.05) is 29.6 Å². The van der Waals surface area contributed by atoms with Crippen molar-refractivity contribution in [3.8, 4) is 23.0 Å². The normalized spacial score (nSPS) is 16.3. The highest BCUT2D eigenvalue weighted by atomic mass is 16.5. The van der Waals surface area contributed by atoms with Crippen LogP contribution in [0, 0.1) is 19.8 Å². The average Bonchev–Trinajstić information content (AvgIpc) is 3.61. The number of nitrogens with one attached hydrogen (secondary N) is 2. The standard InChI is InChI=1S/C34H42N6O8/c1-19(2)28-32-36-21(4)38-40(32)15-16-47-26-17-22(9-11-24(26)44-5)33(42)35-13-8-14-39(18-27(41)37-28)34(43)29-20(3)23-10-12-25(45-6)31(46-7)30(23)48-29/h9-12,17,19,28H,8,13-16,18H2,1-7H3,(H,35,42)(H,37,41)/t28-/m0/s1. The van der Waals surface area contributed by atoms with Gasteiger partial charge in [-0.2, -0.15) is 5.10 Å². The third-order valence-electron chi connectivity index (χ3n) is 8.21. The number of carbonyl (C=O) groups is 3. The molecule has 0 aliphatic carbocycles. The molecule has 0 spiro atoms. The third-order valence-corrected chi connectivity index (χ3v) is 8.21. The first kappa shape index (κ1) is 34.1. The Balaban J connectivity index is 1.50. The maximum absolute atomic E-state index is 14.1. The van der Waals surface area contributed by atoms with Crippen molar-refractivity contribution >= 4 is 28.7 Å². The van der Waals surface area contributed by atoms with Gasteiger partial charge in [-0.25, -0.2) is 9.67 Å². The maximum atomic E-state index is 14.1. The molecule has 0 saturated heterocycles. The van der Waals surface area contributed by atoms with Crippen LogP contribution in [-0.2, 0) is 11.3 Å². The molecule has 1 atom stereocenters. The number of furan rings is 1. The summed E-state index contributed by atoms with van der Waals surface area (Å²) in [4.78, 5) is 46.9. The Bertz CT molecular complexity index is 1810. The Morgan fingerprint density at radius 1 is 1.02 bits per heavy atom. The van der Waals surface area contributed by atoms with E-state index in [1.165, 1.54) is 26.2 Å². The van der Waals surface area contributed by atoms with E-state index < -0.39 is 11.9 Å². The molecular formula is C34H42N6O8. The molecule has 2 aromatic carbocycles. The predicted octanol–water partition coefficient (Wildman–Crippen LogP) is 3.84. The molecule has 2 N–H and O–H groups in total. The van der Waals surface area contributed by atoms with Crippen molar-refractivity contribution in [2.75, 3.05) is 47.6 Å². The third kappa shape index (κ3) is 7.02. The molecule has 0 radical (unpaired) electrons. The highest BCUT2D eigenvalue weighted by Crippen LogP contribution is 2.39. The van der Waals surface area contributed by atoms with Crippen molar-refractivity contribution in [1.29, 1.82) is 0 Å². The molecule has 14 nitrogen and oxygen atoms in total. The summed E-state index contributed by atoms with van der Waals surface area (Å²) in [5.74, 6) is 1.66. The van der Waals surface area contributed by atoms with Crippen LogP contribution in [0.5, 0.6) is 23.0 Å². The quantitative estimate of drug-likeness (QED) is 0.322. The summed E-state index contributed by atoms with van der Waals surface area (Å²) in [5.41, 5.74) is 1.36. The monoisotopic (exact) mass is 662 g/mol. The van der Waals surface area contributed by atoms with Crippen LogP contribution >= 0.6 is 0 Å². The van der Waals surface area contributed by atoms with Crippen LogP contribution in [0.1, 0.15) is 64.4 Å². The molecule has 3 amide bonds. The fourth-order valence-electron chi connectivity index (χ4n) is 5.73. The summed E-state index contributed by atoms with van der Waals surface area (Å²) >= 11 is 0. The number of ether oxygens (including phenoxy) is 4. The van der Waals surface area contributed by atoms with E-state index in [0.717, 1.165) is 0 Å². The molecule has 2 bridgehead atoms. The minimum absolute atomic E-state index is 0.0565. The molecule has 0 unspecified atom stereocenters. The number of aryl methyl sites for hydroxylation is 2. The van der Waals surface area contributed by atoms with E-state index in [4.69, 9.17) is 23.4 Å². The molecule has 14 heteroatoms. The Morgan fingerprint density at radius 3 is 2.48 bits per heavy atom. The van der Waals surface area contributed by atoms with Gasteiger partial charge in [-0.15, -0.1) is 0 Å². The second kappa shape index (κ2) is 14.7. The minimum atomic E-state index is -0.503. The second-order valence-corrected chi connectivity index (χ2v) is 11.8. The molecule has 48 heavy (non-hydrogen) atoms. The molecule has 0 saturated carbocycles. The zero-order valence-corrected chi connectivity index (χ0v) is 28.3. The number of hydrogen-bond acceptors (Lipinski definition) is 10. The number of amides is 3. The van der Waals surface area contributed by atoms with E-state index >= 15 is 0 Å². The van der Waals surface area contributed by atoms with Crippen molar-refractivity contribution < 1.29 is 37.7 Å². The lowest BCUT2D eigenvalue weighted by atomic mass is 10.0. The van der Waals surface area contributed by atoms with E-state index in [2.05, 4.69) is 20.7 Å². The van der Waals surface area contributed by atoms with Gasteiger partial charge in [0.05, 0.1) is 40.5 Å². The second-order valence-electron chi connectivity index (χ2n) is 11.8. The van der Waals surface area contributed by atoms with Gasteiger partial charge in [0.25, 0.3) is 11.8 Å². The zero-order chi connectivity index (χ0) is 34.5. The van der Waals surface area contributed by atoms with Crippen molar-refractivity contribution in [1.82, 2.24) is 30.3 Å². The van der Waals surface area contributed by atoms with Gasteiger partial charge in [0.1, 0.15) is 18.3 Å². The van der Waals surface area contributed by atoms with Crippen molar-refractivity contribution in [3.63, 3.8) is 0 Å². The van der Waals surface area contributed by atoms with Crippen LogP contribution in [0.3, 0.4) is 0 Å². The maximum Gasteiger partial charge on any atom is 0.290 e. The minimum Gasteiger partial charge on any atom is -0.493 e. The van der Waals surface area contributed by atoms with E-state index in [0.29, 0.717) is 69.7 Å². The van der Waals surface area contributed by atoms with Gasteiger partial charge < -0.3 is 38.9 Å². The average molecular weight is 663 g/mol. The fourth-order valence-corrected chi connectivity index (χ4v) is 5.73. The van der Waals surface area contributed by atoms with Crippen molar-refractivity contribution in [2.45, 2.75) is 46.7 Å². The largest absolute Gasteiger partial charge is 0.493 e. The van der Waals surface area contributed by atoms with E-state index in [-0.39, 0.29) is 49.7 Å². The lowest BCUT2D eigenvalue weighted by Gasteiger charge is -2.26. The Kier molecular flexibility index (Phi) is 10.4. The summed E-state index contributed by atoms with van der Waals surface area (Å²) in [6.07, 6.45) is 0.363. The molecular weight excluding hydrogens is 620 g/mol. The van der Waals surface area contributed by atoms with Crippen molar-refractivity contribution in [2.24, 2.45) is 5.92 Å². The Morgan fingerprint density at radius 2 is 1.77 bits per heavy atom. The summed E-state index contributed by atoms with van der Waals surface area (Å²) in [6, 6.07) is 8.00. The molecule has 256 valence electrons. The van der Waals surface area contributed by atoms with Crippen LogP contribution in [0.4, 0.5) is 0 Å². The smallest absolute Gasteiger partial charge is 0.290 e. The number of nitrogens with zero attached hydrogens (tertiary/aromatic N) is 4. The van der Waals surface area contributed by atoms with Crippen LogP contribution < -0.4 is 29.6 Å². The van der Waals surface area contributed by atoms with Crippen LogP contribution in [0.15, 0.2) is 34.7 Å². The highest BCUT2D eigenvalue weighted by molar-refractivity contribution is 6.02. The van der Waals surface area contributed by atoms with Crippen molar-refractivity contribution in [3.05, 3.63) is 58.9 Å². The molecule has 1 aliphatic rings. The van der Waals surface area contributed by atoms with Gasteiger partial charge in [-0.3, -0.25) is 14.4 Å². The van der Waals surface area contributed by atoms with Gasteiger partial charge in [0.2, 0.25) is 11.7 Å². The SMILES string of the molecule is COc1ccc2cc1OCCn1nc(C)nc1[C@H](C(C)C)NC(=O)CN(C(=O)c1oc3c(OC)c(OC)ccc3c1C)CCCNC2=O. The number of carbonyl (C=O) groups excluding carboxylic acids is 3. The molecule has 5 rings (SSSR count). The summed E-state index contributed by atoms with van der Waals surface area (Å²) in [6.45, 7) is 8.17. The Hall–Kier alpha value is -5.27. The first-order valence-corrected chi connectivity index (χ1v) is 15.8. The van der Waals surface area contributed by atoms with Gasteiger partial charge in [0.15, 0.2) is 28.6 Å². The summed E-state index contributed by atoms with van der Waals surface area (Å²) in [7, 11) is 4.55. The van der Waals surface area contributed by atoms with E-state index in [9.17, 15) is 14.4 Å². The van der Waals surface area contributed by atoms with Crippen LogP contribution in [-0.4, -0.2) is 85.0 Å². The summed E-state index contributed by atoms with van der Waals surface area (Å²) in [5, 5.41) is 11.2. The number of methoxy groups -OCH3 is 3. The molecule has 4 aromatic rings. The topological polar surface area (TPSA) is 159 Å². The number of rotatable bonds is 5. The first-order valence-electron chi connectivity index (χ1n) is 15.8. The van der Waals surface area contributed by atoms with Crippen LogP contribution in [0.2, 0.25) is 0 Å². The first-order chi connectivity index (χ1) is 23.1. The van der Waals surface area contributed by atoms with E-state index in [1.807, 2.05) is 13.8 Å². The lowest BCUT2D eigenvalue weighted by molar-refractivity contribution is -0.123. The number of fused-ring (bicyclic) bond motifs is 4. The number of hydrogen-bond donors (Lipinski definition) is 2. The Labute approximate surface area is 278 Å². The van der Waals surface area contributed by atoms with Gasteiger partial charge >= 0.3 is 0 Å². The molecule has 0 fully saturated rings. The summed E-state index contributed by atoms with van der Waals surface area (Å²) < 4.78 is 30.3. The van der Waals surface area contributed by atoms with Crippen LogP contribution in [0.25, 0.3) is 11.0 Å².